The van der Waals surface area contributed by atoms with E-state index in [9.17, 15) is 9.90 Å². The van der Waals surface area contributed by atoms with Gasteiger partial charge < -0.3 is 20.4 Å². The van der Waals surface area contributed by atoms with E-state index >= 15 is 0 Å². The van der Waals surface area contributed by atoms with Crippen LogP contribution in [-0.4, -0.2) is 27.2 Å². The molecule has 1 saturated carbocycles. The third-order valence-corrected chi connectivity index (χ3v) is 6.01. The van der Waals surface area contributed by atoms with Crippen molar-refractivity contribution in [1.29, 1.82) is 0 Å². The van der Waals surface area contributed by atoms with Crippen LogP contribution in [0.5, 0.6) is 0 Å². The van der Waals surface area contributed by atoms with Gasteiger partial charge in [-0.3, -0.25) is 0 Å². The summed E-state index contributed by atoms with van der Waals surface area (Å²) in [4.78, 5) is 16.9. The van der Waals surface area contributed by atoms with Crippen LogP contribution in [0.15, 0.2) is 53.3 Å². The summed E-state index contributed by atoms with van der Waals surface area (Å²) in [6, 6.07) is 16.3. The number of nitrogens with one attached hydrogen (secondary N) is 3. The van der Waals surface area contributed by atoms with Gasteiger partial charge in [0.2, 0.25) is 0 Å². The molecule has 1 aromatic heterocycles. The monoisotopic (exact) mass is 365 g/mol. The predicted molar refractivity (Wildman–Crippen MR) is 108 cm³/mol. The molecule has 1 aliphatic rings. The highest BCUT2D eigenvalue weighted by molar-refractivity contribution is 5.75. The van der Waals surface area contributed by atoms with Crippen molar-refractivity contribution >= 4 is 11.0 Å². The molecule has 0 bridgehead atoms. The van der Waals surface area contributed by atoms with E-state index in [1.807, 2.05) is 18.2 Å². The lowest BCUT2D eigenvalue weighted by Crippen LogP contribution is -2.46. The quantitative estimate of drug-likeness (QED) is 0.558. The zero-order chi connectivity index (χ0) is 18.9. The number of aromatic nitrogens is 2. The molecule has 0 saturated heterocycles. The van der Waals surface area contributed by atoms with Crippen LogP contribution in [0.4, 0.5) is 0 Å². The summed E-state index contributed by atoms with van der Waals surface area (Å²) in [5.41, 5.74) is 3.57. The first-order valence-corrected chi connectivity index (χ1v) is 9.72. The molecule has 0 spiro atoms. The largest absolute Gasteiger partial charge is 0.387 e. The summed E-state index contributed by atoms with van der Waals surface area (Å²) in [7, 11) is 0. The molecule has 4 rings (SSSR count). The molecule has 5 nitrogen and oxygen atoms in total. The Bertz CT molecular complexity index is 952. The number of benzene rings is 2. The maximum Gasteiger partial charge on any atom is 0.323 e. The van der Waals surface area contributed by atoms with Crippen molar-refractivity contribution in [1.82, 2.24) is 15.3 Å². The number of hydrogen-bond donors (Lipinski definition) is 4. The molecular weight excluding hydrogens is 338 g/mol. The Balaban J connectivity index is 1.35. The van der Waals surface area contributed by atoms with E-state index in [1.54, 1.807) is 0 Å². The van der Waals surface area contributed by atoms with E-state index in [-0.39, 0.29) is 11.2 Å². The van der Waals surface area contributed by atoms with Gasteiger partial charge in [-0.15, -0.1) is 0 Å². The third kappa shape index (κ3) is 3.99. The fourth-order valence-electron chi connectivity index (χ4n) is 4.21. The van der Waals surface area contributed by atoms with Crippen LogP contribution in [0.3, 0.4) is 0 Å². The van der Waals surface area contributed by atoms with Gasteiger partial charge in [0.25, 0.3) is 0 Å². The smallest absolute Gasteiger partial charge is 0.323 e. The first kappa shape index (κ1) is 18.0. The predicted octanol–water partition coefficient (Wildman–Crippen LogP) is 3.60. The Kier molecular flexibility index (Phi) is 4.89. The van der Waals surface area contributed by atoms with Crippen LogP contribution in [0, 0.1) is 0 Å². The fraction of sp³-hybridized carbons (Fsp3) is 0.409. The normalized spacial score (nSPS) is 24.1. The summed E-state index contributed by atoms with van der Waals surface area (Å²) in [5, 5.41) is 14.2. The first-order chi connectivity index (χ1) is 13.0. The Morgan fingerprint density at radius 2 is 1.81 bits per heavy atom. The van der Waals surface area contributed by atoms with Crippen molar-refractivity contribution in [3.05, 3.63) is 70.1 Å². The van der Waals surface area contributed by atoms with Gasteiger partial charge >= 0.3 is 5.69 Å². The minimum Gasteiger partial charge on any atom is -0.387 e. The molecule has 0 amide bonds. The number of aliphatic hydroxyl groups excluding tert-OH is 1. The summed E-state index contributed by atoms with van der Waals surface area (Å²) < 4.78 is 0. The van der Waals surface area contributed by atoms with Crippen LogP contribution in [0.1, 0.15) is 55.8 Å². The molecule has 1 atom stereocenters. The lowest BCUT2D eigenvalue weighted by atomic mass is 9.75. The van der Waals surface area contributed by atoms with Gasteiger partial charge in [0.15, 0.2) is 0 Å². The van der Waals surface area contributed by atoms with E-state index in [0.717, 1.165) is 29.4 Å². The van der Waals surface area contributed by atoms with Crippen LogP contribution >= 0.6 is 0 Å². The average Bonchev–Trinajstić information content (AvgIpc) is 3.06. The number of β-amino-alcohol motifs (C(OH)–C–C–N with tert-alkyl or cyclic N) is 1. The summed E-state index contributed by atoms with van der Waals surface area (Å²) in [6.07, 6.45) is 3.93. The molecule has 0 radical (unpaired) electrons. The van der Waals surface area contributed by atoms with Crippen molar-refractivity contribution in [2.45, 2.75) is 50.2 Å². The summed E-state index contributed by atoms with van der Waals surface area (Å²) in [5.74, 6) is 0.638. The molecule has 5 heteroatoms. The van der Waals surface area contributed by atoms with Gasteiger partial charge in [-0.1, -0.05) is 36.4 Å². The standard InChI is InChI=1S/C22H27N3O2/c1-22(11-9-16(10-12-22)15-5-3-2-4-6-15)23-14-20(26)17-7-8-18-19(13-17)25-21(27)24-18/h2-8,13,16,20,23,26H,9-12,14H2,1H3,(H2,24,25,27)/t16-,20?,22-. The Morgan fingerprint density at radius 1 is 1.11 bits per heavy atom. The van der Waals surface area contributed by atoms with Crippen molar-refractivity contribution in [2.75, 3.05) is 6.54 Å². The van der Waals surface area contributed by atoms with Crippen LogP contribution in [-0.2, 0) is 0 Å². The molecule has 1 aliphatic carbocycles. The summed E-state index contributed by atoms with van der Waals surface area (Å²) in [6.45, 7) is 2.76. The van der Waals surface area contributed by atoms with Crippen molar-refractivity contribution in [3.8, 4) is 0 Å². The van der Waals surface area contributed by atoms with Crippen molar-refractivity contribution in [2.24, 2.45) is 0 Å². The highest BCUT2D eigenvalue weighted by Crippen LogP contribution is 2.37. The topological polar surface area (TPSA) is 80.9 Å². The Morgan fingerprint density at radius 3 is 2.56 bits per heavy atom. The number of hydrogen-bond acceptors (Lipinski definition) is 3. The molecular formula is C22H27N3O2. The average molecular weight is 365 g/mol. The molecule has 4 N–H and O–H groups in total. The van der Waals surface area contributed by atoms with Crippen LogP contribution in [0.2, 0.25) is 0 Å². The second kappa shape index (κ2) is 7.33. The second-order valence-corrected chi connectivity index (χ2v) is 8.03. The number of aliphatic hydroxyl groups is 1. The summed E-state index contributed by atoms with van der Waals surface area (Å²) >= 11 is 0. The number of aromatic amines is 2. The number of imidazole rings is 1. The molecule has 1 unspecified atom stereocenters. The minimum atomic E-state index is -0.600. The van der Waals surface area contributed by atoms with Crippen molar-refractivity contribution in [3.63, 3.8) is 0 Å². The lowest BCUT2D eigenvalue weighted by Gasteiger charge is -2.39. The van der Waals surface area contributed by atoms with Gasteiger partial charge in [-0.2, -0.15) is 0 Å². The van der Waals surface area contributed by atoms with Gasteiger partial charge in [-0.25, -0.2) is 4.79 Å². The molecule has 1 heterocycles. The van der Waals surface area contributed by atoms with E-state index in [1.165, 1.54) is 18.4 Å². The molecule has 27 heavy (non-hydrogen) atoms. The molecule has 3 aromatic rings. The van der Waals surface area contributed by atoms with E-state index < -0.39 is 6.10 Å². The lowest BCUT2D eigenvalue weighted by molar-refractivity contribution is 0.143. The van der Waals surface area contributed by atoms with Crippen LogP contribution in [0.25, 0.3) is 11.0 Å². The van der Waals surface area contributed by atoms with Crippen molar-refractivity contribution < 1.29 is 5.11 Å². The van der Waals surface area contributed by atoms with Gasteiger partial charge in [0.05, 0.1) is 17.1 Å². The van der Waals surface area contributed by atoms with Gasteiger partial charge in [0, 0.05) is 12.1 Å². The SMILES string of the molecule is C[C@]1(NCC(O)c2ccc3[nH]c(=O)[nH]c3c2)CC[C@H](c2ccccc2)CC1. The van der Waals surface area contributed by atoms with E-state index in [4.69, 9.17) is 0 Å². The maximum atomic E-state index is 11.4. The third-order valence-electron chi connectivity index (χ3n) is 6.01. The second-order valence-electron chi connectivity index (χ2n) is 8.03. The zero-order valence-corrected chi connectivity index (χ0v) is 15.7. The van der Waals surface area contributed by atoms with Gasteiger partial charge in [-0.05, 0) is 61.8 Å². The first-order valence-electron chi connectivity index (χ1n) is 9.72. The van der Waals surface area contributed by atoms with Crippen LogP contribution < -0.4 is 11.0 Å². The molecule has 2 aromatic carbocycles. The number of H-pyrrole nitrogens is 2. The number of fused-ring (bicyclic) bond motifs is 1. The molecule has 1 fully saturated rings. The maximum absolute atomic E-state index is 11.4. The molecule has 0 aliphatic heterocycles. The fourth-order valence-corrected chi connectivity index (χ4v) is 4.21. The highest BCUT2D eigenvalue weighted by Gasteiger charge is 2.31. The minimum absolute atomic E-state index is 0.0543. The van der Waals surface area contributed by atoms with E-state index in [2.05, 4.69) is 52.5 Å². The highest BCUT2D eigenvalue weighted by atomic mass is 16.3. The molecule has 142 valence electrons. The van der Waals surface area contributed by atoms with E-state index in [0.29, 0.717) is 12.5 Å². The Hall–Kier alpha value is -2.37. The number of rotatable bonds is 5. The Labute approximate surface area is 158 Å². The van der Waals surface area contributed by atoms with Gasteiger partial charge in [0.1, 0.15) is 0 Å². The zero-order valence-electron chi connectivity index (χ0n) is 15.7.